The van der Waals surface area contributed by atoms with Gasteiger partial charge in [-0.3, -0.25) is 13.6 Å². The Balaban J connectivity index is 2.23. The Morgan fingerprint density at radius 1 is 1.15 bits per heavy atom. The zero-order valence-corrected chi connectivity index (χ0v) is 21.2. The van der Waals surface area contributed by atoms with Gasteiger partial charge in [0.25, 0.3) is 9.84 Å². The maximum atomic E-state index is 13.8. The second kappa shape index (κ2) is 7.74. The Labute approximate surface area is 190 Å². The van der Waals surface area contributed by atoms with E-state index in [0.717, 1.165) is 10.4 Å². The van der Waals surface area contributed by atoms with Crippen molar-refractivity contribution in [3.05, 3.63) is 27.0 Å². The Hall–Kier alpha value is -1.52. The molecule has 33 heavy (non-hydrogen) atoms. The second-order valence-electron chi connectivity index (χ2n) is 10.0. The van der Waals surface area contributed by atoms with Gasteiger partial charge in [0.05, 0.1) is 17.8 Å². The van der Waals surface area contributed by atoms with Gasteiger partial charge in [0, 0.05) is 11.4 Å². The highest BCUT2D eigenvalue weighted by atomic mass is 32.2. The third kappa shape index (κ3) is 4.34. The monoisotopic (exact) mass is 516 g/mol. The summed E-state index contributed by atoms with van der Waals surface area (Å²) >= 11 is 0. The number of fused-ring (bicyclic) bond motifs is 2. The number of halogens is 3. The molecule has 1 aromatic heterocycles. The van der Waals surface area contributed by atoms with Crippen molar-refractivity contribution >= 4 is 24.7 Å². The molecular formula is C18H27F3N2O8SSi. The molecule has 0 spiro atoms. The number of rotatable bonds is 5. The first-order chi connectivity index (χ1) is 14.7. The predicted molar refractivity (Wildman–Crippen MR) is 113 cm³/mol. The molecule has 4 heterocycles. The third-order valence-corrected chi connectivity index (χ3v) is 8.75. The van der Waals surface area contributed by atoms with Crippen LogP contribution in [0.5, 0.6) is 0 Å². The van der Waals surface area contributed by atoms with Gasteiger partial charge in [0.15, 0.2) is 15.9 Å². The van der Waals surface area contributed by atoms with Crippen LogP contribution in [0.15, 0.2) is 15.8 Å². The molecule has 15 heteroatoms. The first-order valence-electron chi connectivity index (χ1n) is 10.1. The highest BCUT2D eigenvalue weighted by Gasteiger charge is 2.73. The normalized spacial score (nSPS) is 28.8. The van der Waals surface area contributed by atoms with Gasteiger partial charge in [-0.15, -0.1) is 0 Å². The van der Waals surface area contributed by atoms with Crippen molar-refractivity contribution in [3.63, 3.8) is 0 Å². The summed E-state index contributed by atoms with van der Waals surface area (Å²) in [5.74, 6) is 0. The first-order valence-corrected chi connectivity index (χ1v) is 12.9. The molecule has 4 rings (SSSR count). The van der Waals surface area contributed by atoms with Gasteiger partial charge in [0.1, 0.15) is 12.2 Å². The molecule has 188 valence electrons. The fourth-order valence-corrected chi connectivity index (χ4v) is 6.26. The first kappa shape index (κ1) is 26.1. The minimum atomic E-state index is -6.39. The van der Waals surface area contributed by atoms with E-state index >= 15 is 0 Å². The van der Waals surface area contributed by atoms with E-state index in [0.29, 0.717) is 4.57 Å². The standard InChI is InChI=1S/C18H27F3N2O8SSi/c1-15(2,3)29-8-9-11(31-16(4,5)6)17(26,32(27,28)18(19,20)21)13(30-9)22-7-10-12(24)23(33-10)14(22)25/h7,9,11,13,26H,8,33H2,1-6H3/t9-,11-,13-,17-/m1/s1. The number of hydrogen-bond donors (Lipinski definition) is 1. The van der Waals surface area contributed by atoms with Crippen LogP contribution in [-0.4, -0.2) is 72.5 Å². The Kier molecular flexibility index (Phi) is 6.12. The Morgan fingerprint density at radius 2 is 1.73 bits per heavy atom. The highest BCUT2D eigenvalue weighted by molar-refractivity contribution is 7.93. The molecular weight excluding hydrogens is 489 g/mol. The van der Waals surface area contributed by atoms with E-state index in [1.54, 1.807) is 20.8 Å². The predicted octanol–water partition coefficient (Wildman–Crippen LogP) is -0.900. The van der Waals surface area contributed by atoms with Crippen LogP contribution in [0.25, 0.3) is 0 Å². The second-order valence-corrected chi connectivity index (χ2v) is 13.9. The van der Waals surface area contributed by atoms with E-state index in [9.17, 15) is 36.3 Å². The minimum Gasteiger partial charge on any atom is -0.373 e. The summed E-state index contributed by atoms with van der Waals surface area (Å²) in [6.45, 7) is 8.92. The van der Waals surface area contributed by atoms with Gasteiger partial charge in [-0.1, -0.05) is 0 Å². The van der Waals surface area contributed by atoms with E-state index in [1.807, 2.05) is 0 Å². The van der Waals surface area contributed by atoms with Crippen molar-refractivity contribution in [1.29, 1.82) is 0 Å². The number of aliphatic hydroxyl groups is 1. The summed E-state index contributed by atoms with van der Waals surface area (Å²) in [6, 6.07) is 0. The van der Waals surface area contributed by atoms with Gasteiger partial charge < -0.3 is 19.3 Å². The average molecular weight is 517 g/mol. The van der Waals surface area contributed by atoms with Crippen LogP contribution in [0.1, 0.15) is 47.8 Å². The molecule has 0 unspecified atom stereocenters. The summed E-state index contributed by atoms with van der Waals surface area (Å²) in [5, 5.41) is 11.5. The molecule has 0 amide bonds. The Bertz CT molecular complexity index is 1170. The fraction of sp³-hybridized carbons (Fsp3) is 0.778. The summed E-state index contributed by atoms with van der Waals surface area (Å²) in [7, 11) is -7.80. The number of ether oxygens (including phenoxy) is 3. The molecule has 0 aromatic carbocycles. The van der Waals surface area contributed by atoms with Crippen molar-refractivity contribution < 1.29 is 40.9 Å². The third-order valence-electron chi connectivity index (χ3n) is 5.15. The summed E-state index contributed by atoms with van der Waals surface area (Å²) in [5.41, 5.74) is -9.56. The lowest BCUT2D eigenvalue weighted by molar-refractivity contribution is -0.146. The fourth-order valence-electron chi connectivity index (χ4n) is 3.65. The molecule has 0 radical (unpaired) electrons. The molecule has 1 fully saturated rings. The van der Waals surface area contributed by atoms with Crippen LogP contribution in [0, 0.1) is 0 Å². The zero-order valence-electron chi connectivity index (χ0n) is 19.0. The molecule has 0 saturated carbocycles. The number of aromatic nitrogens is 2. The van der Waals surface area contributed by atoms with E-state index in [1.165, 1.54) is 20.8 Å². The molecule has 1 N–H and O–H groups in total. The van der Waals surface area contributed by atoms with E-state index in [-0.39, 0.29) is 5.19 Å². The van der Waals surface area contributed by atoms with Crippen molar-refractivity contribution in [2.75, 3.05) is 6.61 Å². The van der Waals surface area contributed by atoms with Crippen molar-refractivity contribution in [1.82, 2.24) is 8.80 Å². The lowest BCUT2D eigenvalue weighted by atomic mass is 10.1. The molecule has 3 aliphatic rings. The molecule has 0 aliphatic carbocycles. The smallest absolute Gasteiger partial charge is 0.373 e. The topological polar surface area (TPSA) is 126 Å². The van der Waals surface area contributed by atoms with E-state index < -0.39 is 77.5 Å². The van der Waals surface area contributed by atoms with E-state index in [4.69, 9.17) is 14.2 Å². The van der Waals surface area contributed by atoms with Crippen LogP contribution < -0.4 is 16.4 Å². The van der Waals surface area contributed by atoms with Crippen LogP contribution in [-0.2, 0) is 24.0 Å². The molecule has 1 saturated heterocycles. The van der Waals surface area contributed by atoms with Gasteiger partial charge in [-0.2, -0.15) is 13.2 Å². The molecule has 1 aromatic rings. The van der Waals surface area contributed by atoms with Gasteiger partial charge in [-0.05, 0) is 41.5 Å². The lowest BCUT2D eigenvalue weighted by Gasteiger charge is -2.37. The van der Waals surface area contributed by atoms with Gasteiger partial charge in [-0.25, -0.2) is 13.2 Å². The molecule has 4 atom stereocenters. The molecule has 3 aliphatic heterocycles. The van der Waals surface area contributed by atoms with Crippen LogP contribution in [0.4, 0.5) is 13.2 Å². The summed E-state index contributed by atoms with van der Waals surface area (Å²) in [6.07, 6.45) is -4.95. The van der Waals surface area contributed by atoms with Crippen LogP contribution >= 0.6 is 0 Å². The van der Waals surface area contributed by atoms with Crippen molar-refractivity contribution in [2.45, 2.75) is 81.6 Å². The maximum absolute atomic E-state index is 13.8. The minimum absolute atomic E-state index is 0.188. The lowest BCUT2D eigenvalue weighted by Crippen LogP contribution is -2.66. The van der Waals surface area contributed by atoms with E-state index in [2.05, 4.69) is 0 Å². The van der Waals surface area contributed by atoms with Crippen LogP contribution in [0.3, 0.4) is 0 Å². The quantitative estimate of drug-likeness (QED) is 0.507. The molecule has 10 nitrogen and oxygen atoms in total. The maximum Gasteiger partial charge on any atom is 0.500 e. The van der Waals surface area contributed by atoms with Crippen LogP contribution in [0.2, 0.25) is 0 Å². The van der Waals surface area contributed by atoms with Gasteiger partial charge in [0.2, 0.25) is 10.5 Å². The number of alkyl halides is 3. The number of sulfone groups is 1. The van der Waals surface area contributed by atoms with Crippen molar-refractivity contribution in [2.24, 2.45) is 0 Å². The van der Waals surface area contributed by atoms with Crippen molar-refractivity contribution in [3.8, 4) is 0 Å². The highest BCUT2D eigenvalue weighted by Crippen LogP contribution is 2.49. The largest absolute Gasteiger partial charge is 0.500 e. The summed E-state index contributed by atoms with van der Waals surface area (Å²) < 4.78 is 84.9. The SMILES string of the molecule is CC(C)(C)OC[C@H]1O[C@@H](n2cc3c(=O)n(c2=O)[SiH2]3)[C@](O)(S(=O)(=O)C(F)(F)F)[C@@H]1OC(C)(C)C. The number of nitrogens with zero attached hydrogens (tertiary/aromatic N) is 2. The Morgan fingerprint density at radius 3 is 2.15 bits per heavy atom. The average Bonchev–Trinajstić information content (AvgIpc) is 2.90. The molecule has 2 bridgehead atoms. The number of hydrogen-bond acceptors (Lipinski definition) is 8. The summed E-state index contributed by atoms with van der Waals surface area (Å²) in [4.78, 5) is 20.8. The zero-order chi connectivity index (χ0) is 25.4. The van der Waals surface area contributed by atoms with Gasteiger partial charge >= 0.3 is 11.2 Å².